The number of nitrogens with one attached hydrogen (secondary N) is 3. The number of nitrogens with zero attached hydrogens (tertiary/aromatic N) is 1. The Labute approximate surface area is 169 Å². The zero-order valence-corrected chi connectivity index (χ0v) is 16.9. The van der Waals surface area contributed by atoms with Crippen LogP contribution in [0.2, 0.25) is 0 Å². The number of carbonyl (C=O) groups is 1. The number of H-pyrrole nitrogens is 2. The molecule has 0 radical (unpaired) electrons. The third-order valence-electron chi connectivity index (χ3n) is 5.27. The summed E-state index contributed by atoms with van der Waals surface area (Å²) < 4.78 is 4.95. The molecule has 3 atom stereocenters. The maximum absolute atomic E-state index is 11.9. The summed E-state index contributed by atoms with van der Waals surface area (Å²) >= 11 is 0. The topological polar surface area (TPSA) is 149 Å². The molecule has 3 rings (SSSR count). The zero-order chi connectivity index (χ0) is 20.8. The maximum Gasteiger partial charge on any atom is 0.261 e. The number of ether oxygens (including phenoxy) is 1. The lowest BCUT2D eigenvalue weighted by Gasteiger charge is -2.13. The predicted octanol–water partition coefficient (Wildman–Crippen LogP) is 1.72. The summed E-state index contributed by atoms with van der Waals surface area (Å²) in [5, 5.41) is 12.6. The second-order valence-corrected chi connectivity index (χ2v) is 7.89. The molecule has 0 spiro atoms. The number of aromatic nitrogens is 3. The van der Waals surface area contributed by atoms with Crippen LogP contribution in [0.15, 0.2) is 10.9 Å². The SMILES string of the molecule is C[C@H](CCC1OC1O)NC(=O)CCCCCCCc1cc2c(=O)[nH]c(N)nc2[nH]1. The van der Waals surface area contributed by atoms with E-state index in [9.17, 15) is 9.59 Å². The number of fused-ring (bicyclic) bond motifs is 1. The molecule has 9 nitrogen and oxygen atoms in total. The normalized spacial score (nSPS) is 19.4. The highest BCUT2D eigenvalue weighted by Gasteiger charge is 2.36. The maximum atomic E-state index is 11.9. The van der Waals surface area contributed by atoms with Gasteiger partial charge in [-0.1, -0.05) is 19.3 Å². The molecular weight excluding hydrogens is 374 g/mol. The van der Waals surface area contributed by atoms with E-state index in [2.05, 4.69) is 20.3 Å². The molecular formula is C20H31N5O4. The molecule has 1 saturated heterocycles. The molecule has 160 valence electrons. The molecule has 1 aliphatic rings. The average molecular weight is 405 g/mol. The Morgan fingerprint density at radius 2 is 2.03 bits per heavy atom. The van der Waals surface area contributed by atoms with Crippen LogP contribution in [0, 0.1) is 0 Å². The van der Waals surface area contributed by atoms with Gasteiger partial charge in [-0.05, 0) is 45.1 Å². The first-order chi connectivity index (χ1) is 13.9. The third kappa shape index (κ3) is 6.57. The van der Waals surface area contributed by atoms with Gasteiger partial charge < -0.3 is 25.9 Å². The van der Waals surface area contributed by atoms with Crippen LogP contribution in [0.5, 0.6) is 0 Å². The summed E-state index contributed by atoms with van der Waals surface area (Å²) in [6, 6.07) is 1.94. The molecule has 0 aliphatic carbocycles. The van der Waals surface area contributed by atoms with Crippen LogP contribution in [-0.2, 0) is 16.0 Å². The molecule has 2 unspecified atom stereocenters. The molecule has 2 aromatic heterocycles. The van der Waals surface area contributed by atoms with Crippen molar-refractivity contribution in [2.24, 2.45) is 0 Å². The second kappa shape index (κ2) is 9.89. The first-order valence-corrected chi connectivity index (χ1v) is 10.4. The van der Waals surface area contributed by atoms with E-state index in [1.807, 2.05) is 13.0 Å². The number of aryl methyl sites for hydroxylation is 1. The fraction of sp³-hybridized carbons (Fsp3) is 0.650. The first-order valence-electron chi connectivity index (χ1n) is 10.4. The Bertz CT molecular complexity index is 877. The van der Waals surface area contributed by atoms with Crippen LogP contribution in [0.4, 0.5) is 5.95 Å². The predicted molar refractivity (Wildman–Crippen MR) is 110 cm³/mol. The van der Waals surface area contributed by atoms with Crippen molar-refractivity contribution >= 4 is 22.9 Å². The number of hydrogen-bond donors (Lipinski definition) is 5. The van der Waals surface area contributed by atoms with Crippen molar-refractivity contribution in [3.8, 4) is 0 Å². The second-order valence-electron chi connectivity index (χ2n) is 7.89. The highest BCUT2D eigenvalue weighted by molar-refractivity contribution is 5.76. The number of aliphatic hydroxyl groups is 1. The Morgan fingerprint density at radius 3 is 2.79 bits per heavy atom. The fourth-order valence-corrected chi connectivity index (χ4v) is 3.54. The fourth-order valence-electron chi connectivity index (χ4n) is 3.54. The first kappa shape index (κ1) is 21.3. The number of amides is 1. The Kier molecular flexibility index (Phi) is 7.27. The average Bonchev–Trinajstić information content (AvgIpc) is 3.20. The van der Waals surface area contributed by atoms with Gasteiger partial charge >= 0.3 is 0 Å². The van der Waals surface area contributed by atoms with Gasteiger partial charge in [0.25, 0.3) is 5.56 Å². The molecule has 1 fully saturated rings. The standard InChI is InChI=1S/C20H31N5O4/c1-12(9-10-15-19(28)29-15)22-16(26)8-6-4-2-3-5-7-13-11-14-17(23-13)24-20(21)25-18(14)27/h11-12,15,19,28H,2-10H2,1H3,(H,22,26)(H4,21,23,24,25,27)/t12-,15?,19?/m1/s1. The van der Waals surface area contributed by atoms with Crippen molar-refractivity contribution in [2.75, 3.05) is 5.73 Å². The van der Waals surface area contributed by atoms with Gasteiger partial charge in [0, 0.05) is 18.2 Å². The summed E-state index contributed by atoms with van der Waals surface area (Å²) in [7, 11) is 0. The van der Waals surface area contributed by atoms with E-state index in [4.69, 9.17) is 15.6 Å². The van der Waals surface area contributed by atoms with Crippen LogP contribution < -0.4 is 16.6 Å². The van der Waals surface area contributed by atoms with E-state index in [1.165, 1.54) is 0 Å². The summed E-state index contributed by atoms with van der Waals surface area (Å²) in [5.74, 6) is 0.204. The van der Waals surface area contributed by atoms with Gasteiger partial charge in [-0.3, -0.25) is 14.6 Å². The van der Waals surface area contributed by atoms with Crippen LogP contribution in [0.25, 0.3) is 11.0 Å². The summed E-state index contributed by atoms with van der Waals surface area (Å²) in [6.45, 7) is 1.98. The summed E-state index contributed by atoms with van der Waals surface area (Å²) in [5.41, 5.74) is 6.85. The minimum atomic E-state index is -0.605. The van der Waals surface area contributed by atoms with Crippen LogP contribution in [-0.4, -0.2) is 44.4 Å². The van der Waals surface area contributed by atoms with E-state index < -0.39 is 6.29 Å². The van der Waals surface area contributed by atoms with E-state index in [0.29, 0.717) is 17.5 Å². The summed E-state index contributed by atoms with van der Waals surface area (Å²) in [6.07, 6.45) is 7.40. The van der Waals surface area contributed by atoms with Gasteiger partial charge in [0.1, 0.15) is 11.8 Å². The highest BCUT2D eigenvalue weighted by Crippen LogP contribution is 2.24. The van der Waals surface area contributed by atoms with Gasteiger partial charge in [-0.2, -0.15) is 4.98 Å². The minimum absolute atomic E-state index is 0.0474. The van der Waals surface area contributed by atoms with Gasteiger partial charge in [-0.25, -0.2) is 0 Å². The number of nitrogen functional groups attached to an aromatic ring is 1. The van der Waals surface area contributed by atoms with Crippen molar-refractivity contribution in [2.45, 2.75) is 83.1 Å². The summed E-state index contributed by atoms with van der Waals surface area (Å²) in [4.78, 5) is 33.5. The smallest absolute Gasteiger partial charge is 0.261 e. The van der Waals surface area contributed by atoms with Gasteiger partial charge in [-0.15, -0.1) is 0 Å². The molecule has 9 heteroatoms. The van der Waals surface area contributed by atoms with Gasteiger partial charge in [0.05, 0.1) is 5.39 Å². The van der Waals surface area contributed by atoms with E-state index in [1.54, 1.807) is 0 Å². The van der Waals surface area contributed by atoms with E-state index in [-0.39, 0.29) is 29.6 Å². The molecule has 0 bridgehead atoms. The Balaban J connectivity index is 1.23. The van der Waals surface area contributed by atoms with Crippen molar-refractivity contribution in [1.82, 2.24) is 20.3 Å². The van der Waals surface area contributed by atoms with Crippen molar-refractivity contribution in [3.63, 3.8) is 0 Å². The van der Waals surface area contributed by atoms with Crippen LogP contribution in [0.1, 0.15) is 64.0 Å². The number of hydrogen-bond acceptors (Lipinski definition) is 6. The monoisotopic (exact) mass is 405 g/mol. The zero-order valence-electron chi connectivity index (χ0n) is 16.9. The number of unbranched alkanes of at least 4 members (excludes halogenated alkanes) is 4. The highest BCUT2D eigenvalue weighted by atomic mass is 16.7. The number of aromatic amines is 2. The number of nitrogens with two attached hydrogens (primary N) is 1. The minimum Gasteiger partial charge on any atom is -0.369 e. The number of aliphatic hydroxyl groups excluding tert-OH is 1. The lowest BCUT2D eigenvalue weighted by atomic mass is 10.1. The number of anilines is 1. The lowest BCUT2D eigenvalue weighted by Crippen LogP contribution is -2.32. The molecule has 0 saturated carbocycles. The van der Waals surface area contributed by atoms with Gasteiger partial charge in [0.2, 0.25) is 11.9 Å². The largest absolute Gasteiger partial charge is 0.369 e. The molecule has 6 N–H and O–H groups in total. The molecule has 29 heavy (non-hydrogen) atoms. The molecule has 1 aliphatic heterocycles. The third-order valence-corrected chi connectivity index (χ3v) is 5.27. The van der Waals surface area contributed by atoms with Crippen molar-refractivity contribution in [1.29, 1.82) is 0 Å². The quantitative estimate of drug-likeness (QED) is 0.268. The molecule has 0 aromatic carbocycles. The Morgan fingerprint density at radius 1 is 1.31 bits per heavy atom. The van der Waals surface area contributed by atoms with Crippen molar-refractivity contribution < 1.29 is 14.6 Å². The molecule has 3 heterocycles. The molecule has 2 aromatic rings. The van der Waals surface area contributed by atoms with E-state index in [0.717, 1.165) is 57.1 Å². The number of rotatable bonds is 12. The van der Waals surface area contributed by atoms with E-state index >= 15 is 0 Å². The number of carbonyl (C=O) groups excluding carboxylic acids is 1. The van der Waals surface area contributed by atoms with Crippen molar-refractivity contribution in [3.05, 3.63) is 22.1 Å². The number of epoxide rings is 1. The van der Waals surface area contributed by atoms with Gasteiger partial charge in [0.15, 0.2) is 6.29 Å². The van der Waals surface area contributed by atoms with Crippen LogP contribution >= 0.6 is 0 Å². The van der Waals surface area contributed by atoms with Crippen LogP contribution in [0.3, 0.4) is 0 Å². The Hall–Kier alpha value is -2.39. The molecule has 1 amide bonds. The lowest BCUT2D eigenvalue weighted by molar-refractivity contribution is -0.121.